The third kappa shape index (κ3) is 2.05. The van der Waals surface area contributed by atoms with Crippen molar-refractivity contribution >= 4 is 10.9 Å². The molecule has 1 aromatic heterocycles. The first kappa shape index (κ1) is 12.3. The van der Waals surface area contributed by atoms with Crippen molar-refractivity contribution < 1.29 is 4.39 Å². The van der Waals surface area contributed by atoms with E-state index in [2.05, 4.69) is 4.98 Å². The molecular formula is C15H17FN2O. The topological polar surface area (TPSA) is 34.9 Å². The monoisotopic (exact) mass is 260 g/mol. The van der Waals surface area contributed by atoms with Crippen LogP contribution in [0.15, 0.2) is 29.3 Å². The minimum Gasteiger partial charge on any atom is -0.296 e. The summed E-state index contributed by atoms with van der Waals surface area (Å²) in [6.45, 7) is 2.03. The number of benzene rings is 1. The summed E-state index contributed by atoms with van der Waals surface area (Å²) in [5.74, 6) is 0.0201. The molecule has 2 aromatic rings. The smallest absolute Gasteiger partial charge is 0.264 e. The third-order valence-corrected chi connectivity index (χ3v) is 4.28. The lowest BCUT2D eigenvalue weighted by Crippen LogP contribution is -2.27. The number of halogens is 1. The van der Waals surface area contributed by atoms with Gasteiger partial charge in [0.15, 0.2) is 0 Å². The molecule has 1 unspecified atom stereocenters. The molecule has 1 fully saturated rings. The Morgan fingerprint density at radius 1 is 1.37 bits per heavy atom. The van der Waals surface area contributed by atoms with Crippen molar-refractivity contribution in [3.8, 4) is 0 Å². The van der Waals surface area contributed by atoms with E-state index >= 15 is 0 Å². The Morgan fingerprint density at radius 3 is 2.84 bits per heavy atom. The molecule has 1 aliphatic rings. The summed E-state index contributed by atoms with van der Waals surface area (Å²) in [4.78, 5) is 16.6. The summed E-state index contributed by atoms with van der Waals surface area (Å²) in [6, 6.07) is 4.65. The number of aromatic nitrogens is 2. The second-order valence-electron chi connectivity index (χ2n) is 5.38. The lowest BCUT2D eigenvalue weighted by molar-refractivity contribution is 0.351. The molecule has 3 nitrogen and oxygen atoms in total. The second kappa shape index (κ2) is 4.76. The lowest BCUT2D eigenvalue weighted by Gasteiger charge is -2.21. The van der Waals surface area contributed by atoms with Gasteiger partial charge in [-0.15, -0.1) is 0 Å². The highest BCUT2D eigenvalue weighted by molar-refractivity contribution is 5.77. The molecule has 1 saturated carbocycles. The number of rotatable bonds is 2. The molecule has 100 valence electrons. The summed E-state index contributed by atoms with van der Waals surface area (Å²) in [7, 11) is 0. The summed E-state index contributed by atoms with van der Waals surface area (Å²) >= 11 is 0. The van der Waals surface area contributed by atoms with Crippen LogP contribution in [-0.4, -0.2) is 9.55 Å². The maximum atomic E-state index is 13.8. The molecular weight excluding hydrogens is 243 g/mol. The van der Waals surface area contributed by atoms with E-state index in [1.165, 1.54) is 18.9 Å². The van der Waals surface area contributed by atoms with Crippen LogP contribution in [-0.2, 0) is 0 Å². The third-order valence-electron chi connectivity index (χ3n) is 4.28. The van der Waals surface area contributed by atoms with Crippen LogP contribution >= 0.6 is 0 Å². The summed E-state index contributed by atoms with van der Waals surface area (Å²) in [5, 5.41) is 0.106. The lowest BCUT2D eigenvalue weighted by atomic mass is 9.99. The Morgan fingerprint density at radius 2 is 2.11 bits per heavy atom. The average molecular weight is 260 g/mol. The van der Waals surface area contributed by atoms with Crippen LogP contribution in [0.3, 0.4) is 0 Å². The largest absolute Gasteiger partial charge is 0.296 e. The molecule has 1 aromatic carbocycles. The number of nitrogens with zero attached hydrogens (tertiary/aromatic N) is 2. The van der Waals surface area contributed by atoms with Gasteiger partial charge in [0.2, 0.25) is 0 Å². The zero-order valence-corrected chi connectivity index (χ0v) is 11.0. The molecule has 1 heterocycles. The van der Waals surface area contributed by atoms with Crippen LogP contribution in [0.2, 0.25) is 0 Å². The van der Waals surface area contributed by atoms with Crippen LogP contribution < -0.4 is 5.56 Å². The predicted molar refractivity (Wildman–Crippen MR) is 72.6 cm³/mol. The van der Waals surface area contributed by atoms with Crippen molar-refractivity contribution in [2.24, 2.45) is 5.92 Å². The molecule has 0 saturated heterocycles. The van der Waals surface area contributed by atoms with Crippen molar-refractivity contribution in [3.05, 3.63) is 40.7 Å². The van der Waals surface area contributed by atoms with Crippen LogP contribution in [0.4, 0.5) is 4.39 Å². The van der Waals surface area contributed by atoms with E-state index in [9.17, 15) is 9.18 Å². The SMILES string of the molecule is CC(C1CCCC1)n1cnc2cccc(F)c2c1=O. The Balaban J connectivity index is 2.12. The van der Waals surface area contributed by atoms with E-state index in [1.807, 2.05) is 6.92 Å². The fraction of sp³-hybridized carbons (Fsp3) is 0.467. The first-order chi connectivity index (χ1) is 9.18. The standard InChI is InChI=1S/C15H17FN2O/c1-10(11-5-2-3-6-11)18-9-17-13-8-4-7-12(16)14(13)15(18)19/h4,7-11H,2-3,5-6H2,1H3. The van der Waals surface area contributed by atoms with Gasteiger partial charge in [-0.25, -0.2) is 9.37 Å². The molecule has 0 N–H and O–H groups in total. The second-order valence-corrected chi connectivity index (χ2v) is 5.38. The molecule has 0 amide bonds. The average Bonchev–Trinajstić information content (AvgIpc) is 2.92. The van der Waals surface area contributed by atoms with Crippen LogP contribution in [0.25, 0.3) is 10.9 Å². The summed E-state index contributed by atoms with van der Waals surface area (Å²) in [5.41, 5.74) is 0.169. The quantitative estimate of drug-likeness (QED) is 0.830. The first-order valence-electron chi connectivity index (χ1n) is 6.84. The van der Waals surface area contributed by atoms with Crippen molar-refractivity contribution in [1.82, 2.24) is 9.55 Å². The normalized spacial score (nSPS) is 18.0. The molecule has 0 aliphatic heterocycles. The molecule has 4 heteroatoms. The highest BCUT2D eigenvalue weighted by Gasteiger charge is 2.24. The highest BCUT2D eigenvalue weighted by atomic mass is 19.1. The fourth-order valence-electron chi connectivity index (χ4n) is 3.10. The summed E-state index contributed by atoms with van der Waals surface area (Å²) < 4.78 is 15.4. The van der Waals surface area contributed by atoms with E-state index in [-0.39, 0.29) is 17.0 Å². The van der Waals surface area contributed by atoms with Crippen molar-refractivity contribution in [3.63, 3.8) is 0 Å². The first-order valence-corrected chi connectivity index (χ1v) is 6.84. The molecule has 0 bridgehead atoms. The van der Waals surface area contributed by atoms with Gasteiger partial charge in [0.25, 0.3) is 5.56 Å². The maximum absolute atomic E-state index is 13.8. The summed E-state index contributed by atoms with van der Waals surface area (Å²) in [6.07, 6.45) is 6.29. The number of fused-ring (bicyclic) bond motifs is 1. The minimum absolute atomic E-state index is 0.0894. The molecule has 1 aliphatic carbocycles. The van der Waals surface area contributed by atoms with E-state index in [4.69, 9.17) is 0 Å². The van der Waals surface area contributed by atoms with E-state index < -0.39 is 5.82 Å². The Bertz CT molecular complexity index is 659. The number of hydrogen-bond donors (Lipinski definition) is 0. The predicted octanol–water partition coefficient (Wildman–Crippen LogP) is 3.29. The Hall–Kier alpha value is -1.71. The van der Waals surface area contributed by atoms with Gasteiger partial charge in [0.05, 0.1) is 11.8 Å². The van der Waals surface area contributed by atoms with Gasteiger partial charge in [-0.3, -0.25) is 9.36 Å². The van der Waals surface area contributed by atoms with E-state index in [1.54, 1.807) is 23.0 Å². The van der Waals surface area contributed by atoms with Gasteiger partial charge >= 0.3 is 0 Å². The van der Waals surface area contributed by atoms with Gasteiger partial charge in [0, 0.05) is 6.04 Å². The van der Waals surface area contributed by atoms with Gasteiger partial charge < -0.3 is 0 Å². The van der Waals surface area contributed by atoms with Crippen molar-refractivity contribution in [2.45, 2.75) is 38.6 Å². The number of hydrogen-bond acceptors (Lipinski definition) is 2. The van der Waals surface area contributed by atoms with Crippen LogP contribution in [0.5, 0.6) is 0 Å². The fourth-order valence-corrected chi connectivity index (χ4v) is 3.10. The van der Waals surface area contributed by atoms with Crippen molar-refractivity contribution in [1.29, 1.82) is 0 Å². The van der Waals surface area contributed by atoms with Crippen molar-refractivity contribution in [2.75, 3.05) is 0 Å². The highest BCUT2D eigenvalue weighted by Crippen LogP contribution is 2.33. The maximum Gasteiger partial charge on any atom is 0.264 e. The molecule has 0 spiro atoms. The van der Waals surface area contributed by atoms with Gasteiger partial charge in [-0.1, -0.05) is 18.9 Å². The minimum atomic E-state index is -0.483. The zero-order valence-electron chi connectivity index (χ0n) is 11.0. The van der Waals surface area contributed by atoms with Crippen LogP contribution in [0, 0.1) is 11.7 Å². The molecule has 3 rings (SSSR count). The van der Waals surface area contributed by atoms with Crippen LogP contribution in [0.1, 0.15) is 38.6 Å². The van der Waals surface area contributed by atoms with E-state index in [0.717, 1.165) is 12.8 Å². The van der Waals surface area contributed by atoms with E-state index in [0.29, 0.717) is 11.4 Å². The van der Waals surface area contributed by atoms with Gasteiger partial charge in [-0.05, 0) is 37.8 Å². The molecule has 1 atom stereocenters. The van der Waals surface area contributed by atoms with Gasteiger partial charge in [-0.2, -0.15) is 0 Å². The zero-order chi connectivity index (χ0) is 13.4. The molecule has 19 heavy (non-hydrogen) atoms. The van der Waals surface area contributed by atoms with Gasteiger partial charge in [0.1, 0.15) is 11.2 Å². The molecule has 0 radical (unpaired) electrons. The Labute approximate surface area is 111 Å². The Kier molecular flexibility index (Phi) is 3.09.